The van der Waals surface area contributed by atoms with Crippen molar-refractivity contribution in [3.8, 4) is 0 Å². The van der Waals surface area contributed by atoms with Crippen LogP contribution in [0.2, 0.25) is 0 Å². The molecule has 1 atom stereocenters. The van der Waals surface area contributed by atoms with Crippen LogP contribution in [0.5, 0.6) is 0 Å². The zero-order valence-electron chi connectivity index (χ0n) is 22.3. The number of ether oxygens (including phenoxy) is 3. The van der Waals surface area contributed by atoms with Gasteiger partial charge in [-0.2, -0.15) is 0 Å². The molecule has 1 heterocycles. The summed E-state index contributed by atoms with van der Waals surface area (Å²) in [5.74, 6) is -1.24. The molecule has 1 aromatic rings. The summed E-state index contributed by atoms with van der Waals surface area (Å²) in [6, 6.07) is 3.82. The van der Waals surface area contributed by atoms with Crippen LogP contribution in [0.3, 0.4) is 0 Å². The van der Waals surface area contributed by atoms with E-state index in [2.05, 4.69) is 15.6 Å². The van der Waals surface area contributed by atoms with Crippen molar-refractivity contribution in [1.82, 2.24) is 10.6 Å². The number of anilines is 1. The molecule has 1 aromatic carbocycles. The van der Waals surface area contributed by atoms with E-state index in [1.807, 2.05) is 0 Å². The van der Waals surface area contributed by atoms with Gasteiger partial charge >= 0.3 is 18.2 Å². The third-order valence-electron chi connectivity index (χ3n) is 4.75. The number of alkyl carbamates (subject to hydrolysis) is 2. The summed E-state index contributed by atoms with van der Waals surface area (Å²) in [5, 5.41) is 14.6. The van der Waals surface area contributed by atoms with Crippen molar-refractivity contribution in [1.29, 1.82) is 0 Å². The number of rotatable bonds is 5. The maximum Gasteiger partial charge on any atom is 0.414 e. The number of benzene rings is 1. The molecule has 0 saturated carbocycles. The lowest BCUT2D eigenvalue weighted by atomic mass is 10.1. The van der Waals surface area contributed by atoms with E-state index in [0.29, 0.717) is 6.42 Å². The fourth-order valence-corrected chi connectivity index (χ4v) is 3.41. The second-order valence-electron chi connectivity index (χ2n) is 10.3. The number of aliphatic hydroxyl groups excluding tert-OH is 1. The molecule has 0 aliphatic carbocycles. The fraction of sp³-hybridized carbons (Fsp3) is 0.560. The number of esters is 1. The van der Waals surface area contributed by atoms with E-state index in [0.717, 1.165) is 0 Å². The number of hydrogen-bond donors (Lipinski definition) is 3. The molecule has 12 heteroatoms. The lowest BCUT2D eigenvalue weighted by Gasteiger charge is -2.25. The highest BCUT2D eigenvalue weighted by Crippen LogP contribution is 2.35. The Balaban J connectivity index is 2.60. The third kappa shape index (κ3) is 9.05. The third-order valence-corrected chi connectivity index (χ3v) is 4.75. The Hall–Kier alpha value is -3.67. The molecule has 37 heavy (non-hydrogen) atoms. The molecule has 0 spiro atoms. The molecular weight excluding hydrogens is 484 g/mol. The van der Waals surface area contributed by atoms with Gasteiger partial charge in [0.05, 0.1) is 36.2 Å². The van der Waals surface area contributed by atoms with Crippen LogP contribution >= 0.6 is 0 Å². The molecule has 1 aliphatic rings. The van der Waals surface area contributed by atoms with E-state index in [9.17, 15) is 24.3 Å². The Kier molecular flexibility index (Phi) is 9.62. The van der Waals surface area contributed by atoms with Crippen molar-refractivity contribution in [3.63, 3.8) is 0 Å². The highest BCUT2D eigenvalue weighted by atomic mass is 16.6. The van der Waals surface area contributed by atoms with Crippen molar-refractivity contribution >= 4 is 41.4 Å². The molecule has 204 valence electrons. The van der Waals surface area contributed by atoms with E-state index in [1.165, 1.54) is 23.1 Å². The average molecular weight is 521 g/mol. The standard InChI is InChI=1S/C25H36N4O8/c1-8-35-20(32)15-9-11-18(29-16(14-30)10-12-19(29)31)17(13-15)26-21(27-22(33)36-24(2,3)4)28-23(34)37-25(5,6)7/h9,11,13,16,30H,8,10,12,14H2,1-7H3,(H2,26,27,28,33,34). The monoisotopic (exact) mass is 520 g/mol. The molecule has 3 amide bonds. The first-order valence-electron chi connectivity index (χ1n) is 12.0. The molecule has 0 bridgehead atoms. The Bertz CT molecular complexity index is 1020. The predicted octanol–water partition coefficient (Wildman–Crippen LogP) is 3.39. The Morgan fingerprint density at radius 2 is 1.62 bits per heavy atom. The second-order valence-corrected chi connectivity index (χ2v) is 10.3. The summed E-state index contributed by atoms with van der Waals surface area (Å²) in [4.78, 5) is 55.8. The second kappa shape index (κ2) is 12.0. The lowest BCUT2D eigenvalue weighted by molar-refractivity contribution is -0.117. The number of carbonyl (C=O) groups is 4. The van der Waals surface area contributed by atoms with Gasteiger partial charge in [0.2, 0.25) is 11.9 Å². The molecule has 0 aromatic heterocycles. The van der Waals surface area contributed by atoms with E-state index in [1.54, 1.807) is 48.5 Å². The van der Waals surface area contributed by atoms with Crippen LogP contribution in [0, 0.1) is 0 Å². The van der Waals surface area contributed by atoms with Crippen molar-refractivity contribution in [2.24, 2.45) is 4.99 Å². The van der Waals surface area contributed by atoms with Crippen molar-refractivity contribution < 1.29 is 38.5 Å². The van der Waals surface area contributed by atoms with E-state index in [4.69, 9.17) is 14.2 Å². The summed E-state index contributed by atoms with van der Waals surface area (Å²) in [5.41, 5.74) is -1.23. The molecule has 1 saturated heterocycles. The van der Waals surface area contributed by atoms with Crippen LogP contribution in [-0.2, 0) is 19.0 Å². The largest absolute Gasteiger partial charge is 0.462 e. The number of nitrogens with zero attached hydrogens (tertiary/aromatic N) is 2. The Labute approximate surface area is 216 Å². The number of amides is 3. The minimum absolute atomic E-state index is 0.0568. The van der Waals surface area contributed by atoms with Gasteiger partial charge in [0, 0.05) is 6.42 Å². The van der Waals surface area contributed by atoms with Gasteiger partial charge in [0.25, 0.3) is 0 Å². The van der Waals surface area contributed by atoms with E-state index >= 15 is 0 Å². The number of carbonyl (C=O) groups excluding carboxylic acids is 4. The minimum atomic E-state index is -0.907. The lowest BCUT2D eigenvalue weighted by Crippen LogP contribution is -2.47. The molecule has 1 unspecified atom stereocenters. The number of aliphatic imine (C=N–C) groups is 1. The van der Waals surface area contributed by atoms with Gasteiger partial charge in [-0.05, 0) is 73.1 Å². The summed E-state index contributed by atoms with van der Waals surface area (Å²) in [6.45, 7) is 11.5. The summed E-state index contributed by atoms with van der Waals surface area (Å²) in [6.07, 6.45) is -1.17. The van der Waals surface area contributed by atoms with Crippen LogP contribution in [-0.4, -0.2) is 65.6 Å². The van der Waals surface area contributed by atoms with Gasteiger partial charge in [-0.1, -0.05) is 0 Å². The molecule has 0 radical (unpaired) electrons. The quantitative estimate of drug-likeness (QED) is 0.231. The first-order chi connectivity index (χ1) is 17.1. The highest BCUT2D eigenvalue weighted by molar-refractivity contribution is 6.05. The topological polar surface area (TPSA) is 156 Å². The first-order valence-corrected chi connectivity index (χ1v) is 12.0. The Morgan fingerprint density at radius 3 is 2.11 bits per heavy atom. The fourth-order valence-electron chi connectivity index (χ4n) is 3.41. The van der Waals surface area contributed by atoms with Gasteiger partial charge < -0.3 is 24.2 Å². The van der Waals surface area contributed by atoms with E-state index < -0.39 is 35.4 Å². The van der Waals surface area contributed by atoms with Crippen LogP contribution in [0.4, 0.5) is 21.0 Å². The number of guanidine groups is 1. The zero-order chi connectivity index (χ0) is 28.0. The maximum atomic E-state index is 12.7. The normalized spacial score (nSPS) is 15.6. The Morgan fingerprint density at radius 1 is 1.05 bits per heavy atom. The predicted molar refractivity (Wildman–Crippen MR) is 136 cm³/mol. The van der Waals surface area contributed by atoms with Crippen LogP contribution < -0.4 is 15.5 Å². The molecule has 1 fully saturated rings. The van der Waals surface area contributed by atoms with Crippen LogP contribution in [0.25, 0.3) is 0 Å². The van der Waals surface area contributed by atoms with E-state index in [-0.39, 0.29) is 48.4 Å². The van der Waals surface area contributed by atoms with Gasteiger partial charge in [0.15, 0.2) is 0 Å². The SMILES string of the molecule is CCOC(=O)c1ccc(N2C(=O)CCC2CO)c(N=C(NC(=O)OC(C)(C)C)NC(=O)OC(C)(C)C)c1. The van der Waals surface area contributed by atoms with Gasteiger partial charge in [-0.25, -0.2) is 19.4 Å². The summed E-state index contributed by atoms with van der Waals surface area (Å²) >= 11 is 0. The van der Waals surface area contributed by atoms with Crippen molar-refractivity contribution in [2.75, 3.05) is 18.1 Å². The number of hydrogen-bond acceptors (Lipinski definition) is 9. The first kappa shape index (κ1) is 29.6. The average Bonchev–Trinajstić information content (AvgIpc) is 3.11. The molecular formula is C25H36N4O8. The van der Waals surface area contributed by atoms with Crippen LogP contribution in [0.1, 0.15) is 71.7 Å². The summed E-state index contributed by atoms with van der Waals surface area (Å²) in [7, 11) is 0. The van der Waals surface area contributed by atoms with Crippen molar-refractivity contribution in [3.05, 3.63) is 23.8 Å². The smallest absolute Gasteiger partial charge is 0.414 e. The van der Waals surface area contributed by atoms with Gasteiger partial charge in [-0.3, -0.25) is 15.4 Å². The van der Waals surface area contributed by atoms with Crippen LogP contribution in [0.15, 0.2) is 23.2 Å². The molecule has 3 N–H and O–H groups in total. The molecule has 1 aliphatic heterocycles. The summed E-state index contributed by atoms with van der Waals surface area (Å²) < 4.78 is 15.6. The van der Waals surface area contributed by atoms with Crippen molar-refractivity contribution in [2.45, 2.75) is 78.6 Å². The minimum Gasteiger partial charge on any atom is -0.462 e. The number of nitrogens with one attached hydrogen (secondary N) is 2. The highest BCUT2D eigenvalue weighted by Gasteiger charge is 2.33. The van der Waals surface area contributed by atoms with Gasteiger partial charge in [0.1, 0.15) is 11.2 Å². The maximum absolute atomic E-state index is 12.7. The zero-order valence-corrected chi connectivity index (χ0v) is 22.3. The van der Waals surface area contributed by atoms with Gasteiger partial charge in [-0.15, -0.1) is 0 Å². The molecule has 2 rings (SSSR count). The molecule has 12 nitrogen and oxygen atoms in total. The number of aliphatic hydroxyl groups is 1.